The van der Waals surface area contributed by atoms with Crippen LogP contribution in [0.1, 0.15) is 26.7 Å². The van der Waals surface area contributed by atoms with Gasteiger partial charge < -0.3 is 10.2 Å². The van der Waals surface area contributed by atoms with E-state index in [2.05, 4.69) is 74.1 Å². The standard InChI is InChI=1S/C15H22Br2N2/c1-3-7-18-14-6-8-19(10-11(14)2)15-9-12(16)4-5-13(15)17/h4-5,9,11,14,18H,3,6-8,10H2,1-2H3. The van der Waals surface area contributed by atoms with Crippen molar-refractivity contribution in [2.45, 2.75) is 32.7 Å². The Balaban J connectivity index is 2.03. The monoisotopic (exact) mass is 388 g/mol. The second-order valence-corrected chi connectivity index (χ2v) is 7.14. The number of hydrogen-bond acceptors (Lipinski definition) is 2. The number of halogens is 2. The molecule has 1 aromatic carbocycles. The minimum absolute atomic E-state index is 0.669. The van der Waals surface area contributed by atoms with Crippen LogP contribution in [0.4, 0.5) is 5.69 Å². The minimum Gasteiger partial charge on any atom is -0.370 e. The van der Waals surface area contributed by atoms with Crippen LogP contribution in [0.15, 0.2) is 27.1 Å². The van der Waals surface area contributed by atoms with Crippen LogP contribution >= 0.6 is 31.9 Å². The van der Waals surface area contributed by atoms with Gasteiger partial charge in [-0.1, -0.05) is 29.8 Å². The lowest BCUT2D eigenvalue weighted by Gasteiger charge is -2.39. The smallest absolute Gasteiger partial charge is 0.0522 e. The Morgan fingerprint density at radius 3 is 2.84 bits per heavy atom. The molecule has 0 aliphatic carbocycles. The molecule has 0 saturated carbocycles. The Morgan fingerprint density at radius 2 is 2.16 bits per heavy atom. The van der Waals surface area contributed by atoms with Gasteiger partial charge in [-0.3, -0.25) is 0 Å². The molecular weight excluding hydrogens is 368 g/mol. The van der Waals surface area contributed by atoms with E-state index in [-0.39, 0.29) is 0 Å². The van der Waals surface area contributed by atoms with E-state index in [1.54, 1.807) is 0 Å². The van der Waals surface area contributed by atoms with Crippen LogP contribution in [0.25, 0.3) is 0 Å². The summed E-state index contributed by atoms with van der Waals surface area (Å²) in [6.07, 6.45) is 2.43. The Kier molecular flexibility index (Phi) is 5.72. The fourth-order valence-electron chi connectivity index (χ4n) is 2.73. The highest BCUT2D eigenvalue weighted by Crippen LogP contribution is 2.32. The summed E-state index contributed by atoms with van der Waals surface area (Å²) in [5.41, 5.74) is 1.30. The number of hydrogen-bond donors (Lipinski definition) is 1. The third-order valence-corrected chi connectivity index (χ3v) is 4.97. The van der Waals surface area contributed by atoms with Gasteiger partial charge in [0.05, 0.1) is 5.69 Å². The highest BCUT2D eigenvalue weighted by atomic mass is 79.9. The lowest BCUT2D eigenvalue weighted by Crippen LogP contribution is -2.48. The van der Waals surface area contributed by atoms with E-state index in [9.17, 15) is 0 Å². The Hall–Kier alpha value is -0.0600. The third-order valence-electron chi connectivity index (χ3n) is 3.81. The predicted molar refractivity (Wildman–Crippen MR) is 89.9 cm³/mol. The van der Waals surface area contributed by atoms with Gasteiger partial charge in [0.1, 0.15) is 0 Å². The number of nitrogens with zero attached hydrogens (tertiary/aromatic N) is 1. The fourth-order valence-corrected chi connectivity index (χ4v) is 3.57. The molecule has 1 N–H and O–H groups in total. The topological polar surface area (TPSA) is 15.3 Å². The molecule has 2 nitrogen and oxygen atoms in total. The molecule has 0 aromatic heterocycles. The molecule has 2 unspecified atom stereocenters. The Morgan fingerprint density at radius 1 is 1.37 bits per heavy atom. The van der Waals surface area contributed by atoms with Gasteiger partial charge in [-0.2, -0.15) is 0 Å². The molecule has 0 radical (unpaired) electrons. The largest absolute Gasteiger partial charge is 0.370 e. The average molecular weight is 390 g/mol. The van der Waals surface area contributed by atoms with E-state index in [1.165, 1.54) is 23.0 Å². The van der Waals surface area contributed by atoms with Gasteiger partial charge in [0, 0.05) is 28.1 Å². The minimum atomic E-state index is 0.669. The maximum absolute atomic E-state index is 3.67. The van der Waals surface area contributed by atoms with Crippen molar-refractivity contribution in [3.05, 3.63) is 27.1 Å². The molecule has 1 aliphatic heterocycles. The summed E-state index contributed by atoms with van der Waals surface area (Å²) in [4.78, 5) is 2.49. The summed E-state index contributed by atoms with van der Waals surface area (Å²) < 4.78 is 2.33. The van der Waals surface area contributed by atoms with Gasteiger partial charge in [-0.25, -0.2) is 0 Å². The lowest BCUT2D eigenvalue weighted by atomic mass is 9.93. The van der Waals surface area contributed by atoms with Gasteiger partial charge in [0.2, 0.25) is 0 Å². The highest BCUT2D eigenvalue weighted by Gasteiger charge is 2.26. The molecule has 2 atom stereocenters. The Bertz CT molecular complexity index is 423. The van der Waals surface area contributed by atoms with E-state index in [1.807, 2.05) is 0 Å². The second-order valence-electron chi connectivity index (χ2n) is 5.37. The zero-order valence-corrected chi connectivity index (χ0v) is 14.8. The molecular formula is C15H22Br2N2. The number of piperidine rings is 1. The van der Waals surface area contributed by atoms with Crippen LogP contribution in [0, 0.1) is 5.92 Å². The summed E-state index contributed by atoms with van der Waals surface area (Å²) >= 11 is 7.23. The molecule has 1 heterocycles. The van der Waals surface area contributed by atoms with Crippen molar-refractivity contribution in [1.29, 1.82) is 0 Å². The van der Waals surface area contributed by atoms with Crippen molar-refractivity contribution < 1.29 is 0 Å². The zero-order chi connectivity index (χ0) is 13.8. The van der Waals surface area contributed by atoms with Crippen LogP contribution < -0.4 is 10.2 Å². The van der Waals surface area contributed by atoms with Crippen LogP contribution in [-0.4, -0.2) is 25.7 Å². The van der Waals surface area contributed by atoms with E-state index < -0.39 is 0 Å². The molecule has 1 fully saturated rings. The lowest BCUT2D eigenvalue weighted by molar-refractivity contribution is 0.322. The van der Waals surface area contributed by atoms with Crippen LogP contribution in [0.5, 0.6) is 0 Å². The normalized spacial score (nSPS) is 23.7. The summed E-state index contributed by atoms with van der Waals surface area (Å²) in [5, 5.41) is 3.67. The molecule has 0 amide bonds. The first-order chi connectivity index (χ1) is 9.11. The maximum atomic E-state index is 3.67. The molecule has 1 saturated heterocycles. The zero-order valence-electron chi connectivity index (χ0n) is 11.6. The number of nitrogens with one attached hydrogen (secondary N) is 1. The van der Waals surface area contributed by atoms with Crippen molar-refractivity contribution >= 4 is 37.5 Å². The molecule has 2 rings (SSSR count). The summed E-state index contributed by atoms with van der Waals surface area (Å²) in [5.74, 6) is 0.686. The van der Waals surface area contributed by atoms with E-state index in [0.717, 1.165) is 24.1 Å². The van der Waals surface area contributed by atoms with E-state index in [4.69, 9.17) is 0 Å². The molecule has 1 aliphatic rings. The number of rotatable bonds is 4. The molecule has 106 valence electrons. The Labute approximate surface area is 133 Å². The summed E-state index contributed by atoms with van der Waals surface area (Å²) in [6.45, 7) is 7.96. The van der Waals surface area contributed by atoms with Crippen molar-refractivity contribution in [2.75, 3.05) is 24.5 Å². The van der Waals surface area contributed by atoms with Gasteiger partial charge in [0.15, 0.2) is 0 Å². The van der Waals surface area contributed by atoms with Crippen molar-refractivity contribution in [3.8, 4) is 0 Å². The quantitative estimate of drug-likeness (QED) is 0.819. The van der Waals surface area contributed by atoms with Crippen molar-refractivity contribution in [2.24, 2.45) is 5.92 Å². The van der Waals surface area contributed by atoms with Crippen molar-refractivity contribution in [3.63, 3.8) is 0 Å². The molecule has 19 heavy (non-hydrogen) atoms. The SMILES string of the molecule is CCCNC1CCN(c2cc(Br)ccc2Br)CC1C. The van der Waals surface area contributed by atoms with Crippen molar-refractivity contribution in [1.82, 2.24) is 5.32 Å². The van der Waals surface area contributed by atoms with Gasteiger partial charge in [0.25, 0.3) is 0 Å². The highest BCUT2D eigenvalue weighted by molar-refractivity contribution is 9.11. The summed E-state index contributed by atoms with van der Waals surface area (Å²) in [6, 6.07) is 7.07. The average Bonchev–Trinajstić information content (AvgIpc) is 2.40. The van der Waals surface area contributed by atoms with Gasteiger partial charge in [-0.15, -0.1) is 0 Å². The van der Waals surface area contributed by atoms with E-state index >= 15 is 0 Å². The second kappa shape index (κ2) is 7.09. The van der Waals surface area contributed by atoms with Crippen LogP contribution in [0.2, 0.25) is 0 Å². The first-order valence-corrected chi connectivity index (χ1v) is 8.63. The van der Waals surface area contributed by atoms with Gasteiger partial charge >= 0.3 is 0 Å². The maximum Gasteiger partial charge on any atom is 0.0522 e. The van der Waals surface area contributed by atoms with Crippen LogP contribution in [-0.2, 0) is 0 Å². The third kappa shape index (κ3) is 3.96. The number of anilines is 1. The first kappa shape index (κ1) is 15.3. The predicted octanol–water partition coefficient (Wildman–Crippen LogP) is 4.43. The summed E-state index contributed by atoms with van der Waals surface area (Å²) in [7, 11) is 0. The molecule has 1 aromatic rings. The van der Waals surface area contributed by atoms with E-state index in [0.29, 0.717) is 12.0 Å². The molecule has 0 bridgehead atoms. The first-order valence-electron chi connectivity index (χ1n) is 7.05. The molecule has 4 heteroatoms. The number of benzene rings is 1. The molecule has 0 spiro atoms. The van der Waals surface area contributed by atoms with Gasteiger partial charge in [-0.05, 0) is 59.4 Å². The fraction of sp³-hybridized carbons (Fsp3) is 0.600. The van der Waals surface area contributed by atoms with Crippen LogP contribution in [0.3, 0.4) is 0 Å².